The topological polar surface area (TPSA) is 12.0 Å². The van der Waals surface area contributed by atoms with E-state index in [0.29, 0.717) is 0 Å². The Morgan fingerprint density at radius 3 is 2.29 bits per heavy atom. The molecule has 1 nitrogen and oxygen atoms in total. The van der Waals surface area contributed by atoms with Crippen molar-refractivity contribution in [2.75, 3.05) is 6.54 Å². The van der Waals surface area contributed by atoms with E-state index in [9.17, 15) is 4.39 Å². The van der Waals surface area contributed by atoms with E-state index in [4.69, 9.17) is 0 Å². The first-order valence-electron chi connectivity index (χ1n) is 7.56. The molecule has 0 saturated carbocycles. The average molecular weight is 285 g/mol. The van der Waals surface area contributed by atoms with E-state index in [0.717, 1.165) is 18.5 Å². The maximum absolute atomic E-state index is 13.4. The quantitative estimate of drug-likeness (QED) is 0.843. The van der Waals surface area contributed by atoms with Gasteiger partial charge < -0.3 is 5.32 Å². The van der Waals surface area contributed by atoms with E-state index in [1.54, 1.807) is 12.1 Å². The van der Waals surface area contributed by atoms with E-state index >= 15 is 0 Å². The van der Waals surface area contributed by atoms with Crippen molar-refractivity contribution in [2.45, 2.75) is 40.2 Å². The lowest BCUT2D eigenvalue weighted by Crippen LogP contribution is -2.24. The number of hydrogen-bond acceptors (Lipinski definition) is 1. The summed E-state index contributed by atoms with van der Waals surface area (Å²) in [4.78, 5) is 0. The molecule has 2 aromatic rings. The van der Waals surface area contributed by atoms with Gasteiger partial charge in [-0.05, 0) is 68.1 Å². The van der Waals surface area contributed by atoms with Crippen molar-refractivity contribution in [2.24, 2.45) is 0 Å². The summed E-state index contributed by atoms with van der Waals surface area (Å²) in [6, 6.07) is 11.6. The second kappa shape index (κ2) is 6.86. The van der Waals surface area contributed by atoms with Crippen LogP contribution in [0.5, 0.6) is 0 Å². The van der Waals surface area contributed by atoms with Gasteiger partial charge in [-0.2, -0.15) is 0 Å². The Morgan fingerprint density at radius 1 is 1.05 bits per heavy atom. The molecule has 1 N–H and O–H groups in total. The van der Waals surface area contributed by atoms with Gasteiger partial charge in [-0.1, -0.05) is 36.8 Å². The van der Waals surface area contributed by atoms with Crippen molar-refractivity contribution in [1.29, 1.82) is 0 Å². The van der Waals surface area contributed by atoms with Crippen LogP contribution in [-0.2, 0) is 6.42 Å². The Hall–Kier alpha value is -1.67. The van der Waals surface area contributed by atoms with Gasteiger partial charge in [0.05, 0.1) is 0 Å². The molecule has 0 heterocycles. The molecule has 2 rings (SSSR count). The van der Waals surface area contributed by atoms with Crippen LogP contribution in [-0.4, -0.2) is 6.54 Å². The van der Waals surface area contributed by atoms with Crippen LogP contribution < -0.4 is 5.32 Å². The monoisotopic (exact) mass is 285 g/mol. The van der Waals surface area contributed by atoms with E-state index in [1.165, 1.54) is 28.3 Å². The Morgan fingerprint density at radius 2 is 1.71 bits per heavy atom. The molecular formula is C19H24FN. The normalized spacial score (nSPS) is 12.4. The summed E-state index contributed by atoms with van der Waals surface area (Å²) >= 11 is 0. The Labute approximate surface area is 127 Å². The smallest absolute Gasteiger partial charge is 0.123 e. The number of hydrogen-bond donors (Lipinski definition) is 1. The number of benzene rings is 2. The molecule has 21 heavy (non-hydrogen) atoms. The average Bonchev–Trinajstić information content (AvgIpc) is 2.37. The third kappa shape index (κ3) is 3.92. The van der Waals surface area contributed by atoms with Crippen LogP contribution in [0.2, 0.25) is 0 Å². The predicted molar refractivity (Wildman–Crippen MR) is 87.2 cm³/mol. The van der Waals surface area contributed by atoms with Gasteiger partial charge >= 0.3 is 0 Å². The summed E-state index contributed by atoms with van der Waals surface area (Å²) in [5.74, 6) is -0.167. The minimum Gasteiger partial charge on any atom is -0.310 e. The van der Waals surface area contributed by atoms with Crippen LogP contribution in [0.4, 0.5) is 4.39 Å². The van der Waals surface area contributed by atoms with Gasteiger partial charge in [0, 0.05) is 6.04 Å². The highest BCUT2D eigenvalue weighted by atomic mass is 19.1. The van der Waals surface area contributed by atoms with E-state index in [1.807, 2.05) is 6.07 Å². The van der Waals surface area contributed by atoms with Crippen LogP contribution in [0.3, 0.4) is 0 Å². The molecule has 0 aromatic heterocycles. The largest absolute Gasteiger partial charge is 0.310 e. The summed E-state index contributed by atoms with van der Waals surface area (Å²) in [6.07, 6.45) is 0.802. The molecule has 0 bridgehead atoms. The fraction of sp³-hybridized carbons (Fsp3) is 0.368. The minimum atomic E-state index is -0.167. The van der Waals surface area contributed by atoms with Crippen LogP contribution in [0, 0.1) is 26.6 Å². The zero-order valence-electron chi connectivity index (χ0n) is 13.3. The van der Waals surface area contributed by atoms with Gasteiger partial charge in [-0.15, -0.1) is 0 Å². The van der Waals surface area contributed by atoms with Gasteiger partial charge in [0.15, 0.2) is 0 Å². The molecule has 0 radical (unpaired) electrons. The van der Waals surface area contributed by atoms with Crippen molar-refractivity contribution in [3.63, 3.8) is 0 Å². The second-order valence-corrected chi connectivity index (χ2v) is 5.76. The first-order valence-corrected chi connectivity index (χ1v) is 7.56. The molecule has 0 aliphatic carbocycles. The van der Waals surface area contributed by atoms with Crippen molar-refractivity contribution in [3.05, 3.63) is 70.0 Å². The predicted octanol–water partition coefficient (Wildman–Crippen LogP) is 4.64. The lowest BCUT2D eigenvalue weighted by molar-refractivity contribution is 0.542. The maximum Gasteiger partial charge on any atom is 0.123 e. The molecule has 2 aromatic carbocycles. The molecule has 0 aliphatic rings. The van der Waals surface area contributed by atoms with Crippen LogP contribution >= 0.6 is 0 Å². The summed E-state index contributed by atoms with van der Waals surface area (Å²) in [7, 11) is 0. The zero-order chi connectivity index (χ0) is 15.4. The fourth-order valence-corrected chi connectivity index (χ4v) is 3.16. The zero-order valence-corrected chi connectivity index (χ0v) is 13.3. The molecule has 0 aliphatic heterocycles. The first kappa shape index (κ1) is 15.7. The first-order chi connectivity index (χ1) is 10.0. The molecule has 2 heteroatoms. The van der Waals surface area contributed by atoms with Gasteiger partial charge in [0.25, 0.3) is 0 Å². The third-order valence-corrected chi connectivity index (χ3v) is 3.87. The summed E-state index contributed by atoms with van der Waals surface area (Å²) in [5, 5.41) is 3.55. The van der Waals surface area contributed by atoms with Gasteiger partial charge in [0.2, 0.25) is 0 Å². The van der Waals surface area contributed by atoms with Gasteiger partial charge in [-0.25, -0.2) is 4.39 Å². The lowest BCUT2D eigenvalue weighted by atomic mass is 9.90. The highest BCUT2D eigenvalue weighted by Gasteiger charge is 2.16. The number of aryl methyl sites for hydroxylation is 3. The summed E-state index contributed by atoms with van der Waals surface area (Å²) < 4.78 is 13.4. The second-order valence-electron chi connectivity index (χ2n) is 5.76. The molecular weight excluding hydrogens is 261 g/mol. The van der Waals surface area contributed by atoms with E-state index in [-0.39, 0.29) is 11.9 Å². The van der Waals surface area contributed by atoms with Gasteiger partial charge in [-0.3, -0.25) is 0 Å². The summed E-state index contributed by atoms with van der Waals surface area (Å²) in [6.45, 7) is 9.44. The molecule has 0 fully saturated rings. The standard InChI is InChI=1S/C19H24FN/c1-5-21-18(12-16-7-6-8-17(20)11-16)19-14(3)9-13(2)10-15(19)4/h6-11,18,21H,5,12H2,1-4H3. The Balaban J connectivity index is 2.35. The molecule has 0 amide bonds. The Kier molecular flexibility index (Phi) is 5.13. The number of likely N-dealkylation sites (N-methyl/N-ethyl adjacent to an activating group) is 1. The van der Waals surface area contributed by atoms with Crippen molar-refractivity contribution < 1.29 is 4.39 Å². The maximum atomic E-state index is 13.4. The van der Waals surface area contributed by atoms with Crippen molar-refractivity contribution >= 4 is 0 Å². The molecule has 0 saturated heterocycles. The molecule has 1 unspecified atom stereocenters. The molecule has 112 valence electrons. The fourth-order valence-electron chi connectivity index (χ4n) is 3.16. The Bertz CT molecular complexity index is 596. The number of halogens is 1. The van der Waals surface area contributed by atoms with E-state index < -0.39 is 0 Å². The van der Waals surface area contributed by atoms with Crippen molar-refractivity contribution in [3.8, 4) is 0 Å². The molecule has 0 spiro atoms. The summed E-state index contributed by atoms with van der Waals surface area (Å²) in [5.41, 5.74) is 6.26. The highest BCUT2D eigenvalue weighted by molar-refractivity contribution is 5.40. The van der Waals surface area contributed by atoms with Crippen LogP contribution in [0.1, 0.15) is 40.8 Å². The molecule has 1 atom stereocenters. The van der Waals surface area contributed by atoms with E-state index in [2.05, 4.69) is 45.1 Å². The van der Waals surface area contributed by atoms with Gasteiger partial charge in [0.1, 0.15) is 5.82 Å². The van der Waals surface area contributed by atoms with Crippen LogP contribution in [0.15, 0.2) is 36.4 Å². The number of nitrogens with one attached hydrogen (secondary N) is 1. The van der Waals surface area contributed by atoms with Crippen LogP contribution in [0.25, 0.3) is 0 Å². The van der Waals surface area contributed by atoms with Crippen molar-refractivity contribution in [1.82, 2.24) is 5.32 Å². The lowest BCUT2D eigenvalue weighted by Gasteiger charge is -2.23. The minimum absolute atomic E-state index is 0.167. The number of rotatable bonds is 5. The third-order valence-electron chi connectivity index (χ3n) is 3.87. The highest BCUT2D eigenvalue weighted by Crippen LogP contribution is 2.26. The SMILES string of the molecule is CCNC(Cc1cccc(F)c1)c1c(C)cc(C)cc1C.